The van der Waals surface area contributed by atoms with E-state index >= 15 is 0 Å². The smallest absolute Gasteiger partial charge is 0.119 e. The lowest BCUT2D eigenvalue weighted by molar-refractivity contribution is 0.214. The molecule has 19 heavy (non-hydrogen) atoms. The van der Waals surface area contributed by atoms with Crippen molar-refractivity contribution in [2.75, 3.05) is 13.2 Å². The first-order valence-corrected chi connectivity index (χ1v) is 7.36. The van der Waals surface area contributed by atoms with Gasteiger partial charge in [-0.1, -0.05) is 19.3 Å². The van der Waals surface area contributed by atoms with Gasteiger partial charge in [-0.2, -0.15) is 0 Å². The van der Waals surface area contributed by atoms with E-state index in [0.29, 0.717) is 13.2 Å². The molecule has 1 aliphatic rings. The van der Waals surface area contributed by atoms with Gasteiger partial charge in [0.2, 0.25) is 0 Å². The van der Waals surface area contributed by atoms with Crippen LogP contribution >= 0.6 is 0 Å². The Morgan fingerprint density at radius 1 is 1.00 bits per heavy atom. The van der Waals surface area contributed by atoms with E-state index in [1.54, 1.807) is 0 Å². The van der Waals surface area contributed by atoms with Gasteiger partial charge in [-0.3, -0.25) is 0 Å². The van der Waals surface area contributed by atoms with E-state index in [4.69, 9.17) is 15.2 Å². The second-order valence-corrected chi connectivity index (χ2v) is 5.43. The van der Waals surface area contributed by atoms with E-state index in [9.17, 15) is 0 Å². The molecule has 3 heteroatoms. The highest BCUT2D eigenvalue weighted by Gasteiger charge is 2.26. The summed E-state index contributed by atoms with van der Waals surface area (Å²) in [6, 6.07) is 7.79. The van der Waals surface area contributed by atoms with Crippen LogP contribution in [0.4, 0.5) is 0 Å². The molecular weight excluding hydrogens is 238 g/mol. The van der Waals surface area contributed by atoms with E-state index in [1.807, 2.05) is 31.2 Å². The molecule has 0 radical (unpaired) electrons. The number of ether oxygens (including phenoxy) is 2. The molecule has 3 nitrogen and oxygen atoms in total. The van der Waals surface area contributed by atoms with Gasteiger partial charge in [0, 0.05) is 5.54 Å². The van der Waals surface area contributed by atoms with Gasteiger partial charge in [-0.25, -0.2) is 0 Å². The summed E-state index contributed by atoms with van der Waals surface area (Å²) in [5.41, 5.74) is 6.39. The number of hydrogen-bond acceptors (Lipinski definition) is 3. The van der Waals surface area contributed by atoms with Gasteiger partial charge >= 0.3 is 0 Å². The van der Waals surface area contributed by atoms with Crippen molar-refractivity contribution >= 4 is 0 Å². The van der Waals surface area contributed by atoms with Crippen LogP contribution in [0.1, 0.15) is 45.4 Å². The average Bonchev–Trinajstić information content (AvgIpc) is 2.42. The topological polar surface area (TPSA) is 44.5 Å². The van der Waals surface area contributed by atoms with E-state index < -0.39 is 0 Å². The zero-order chi connectivity index (χ0) is 13.6. The molecule has 1 aromatic carbocycles. The molecule has 0 saturated heterocycles. The van der Waals surface area contributed by atoms with Crippen LogP contribution < -0.4 is 15.2 Å². The summed E-state index contributed by atoms with van der Waals surface area (Å²) in [5.74, 6) is 1.78. The zero-order valence-corrected chi connectivity index (χ0v) is 11.9. The lowest BCUT2D eigenvalue weighted by Crippen LogP contribution is -2.42. The number of hydrogen-bond donors (Lipinski definition) is 1. The van der Waals surface area contributed by atoms with Crippen molar-refractivity contribution in [1.82, 2.24) is 0 Å². The summed E-state index contributed by atoms with van der Waals surface area (Å²) in [5, 5.41) is 0. The van der Waals surface area contributed by atoms with Crippen LogP contribution in [-0.2, 0) is 0 Å². The van der Waals surface area contributed by atoms with Crippen LogP contribution in [0.25, 0.3) is 0 Å². The van der Waals surface area contributed by atoms with Crippen molar-refractivity contribution in [2.24, 2.45) is 5.73 Å². The molecule has 2 N–H and O–H groups in total. The normalized spacial score (nSPS) is 18.0. The third-order valence-corrected chi connectivity index (χ3v) is 3.85. The van der Waals surface area contributed by atoms with Crippen molar-refractivity contribution in [3.63, 3.8) is 0 Å². The van der Waals surface area contributed by atoms with Crippen LogP contribution in [0, 0.1) is 0 Å². The van der Waals surface area contributed by atoms with Gasteiger partial charge in [0.1, 0.15) is 11.5 Å². The maximum atomic E-state index is 6.39. The quantitative estimate of drug-likeness (QED) is 0.854. The third kappa shape index (κ3) is 4.43. The summed E-state index contributed by atoms with van der Waals surface area (Å²) in [6.45, 7) is 3.37. The van der Waals surface area contributed by atoms with E-state index in [0.717, 1.165) is 30.8 Å². The molecule has 0 aliphatic heterocycles. The Labute approximate surface area is 116 Å². The molecular formula is C16H25NO2. The number of rotatable bonds is 6. The maximum Gasteiger partial charge on any atom is 0.119 e. The molecule has 2 rings (SSSR count). The molecule has 1 saturated carbocycles. The Morgan fingerprint density at radius 3 is 2.16 bits per heavy atom. The predicted molar refractivity (Wildman–Crippen MR) is 77.7 cm³/mol. The molecule has 0 aromatic heterocycles. The molecule has 1 aliphatic carbocycles. The van der Waals surface area contributed by atoms with Crippen LogP contribution in [0.15, 0.2) is 24.3 Å². The molecule has 0 heterocycles. The third-order valence-electron chi connectivity index (χ3n) is 3.85. The molecule has 0 bridgehead atoms. The summed E-state index contributed by atoms with van der Waals surface area (Å²) >= 11 is 0. The van der Waals surface area contributed by atoms with E-state index in [2.05, 4.69) is 0 Å². The first kappa shape index (κ1) is 14.2. The highest BCUT2D eigenvalue weighted by Crippen LogP contribution is 2.28. The molecule has 0 amide bonds. The average molecular weight is 263 g/mol. The lowest BCUT2D eigenvalue weighted by atomic mass is 9.80. The van der Waals surface area contributed by atoms with Crippen LogP contribution in [0.3, 0.4) is 0 Å². The fourth-order valence-electron chi connectivity index (χ4n) is 2.68. The van der Waals surface area contributed by atoms with Crippen LogP contribution in [-0.4, -0.2) is 18.8 Å². The van der Waals surface area contributed by atoms with Crippen molar-refractivity contribution in [3.05, 3.63) is 24.3 Å². The first-order chi connectivity index (χ1) is 9.22. The molecule has 106 valence electrons. The minimum absolute atomic E-state index is 0.00348. The van der Waals surface area contributed by atoms with Crippen LogP contribution in [0.2, 0.25) is 0 Å². The fourth-order valence-corrected chi connectivity index (χ4v) is 2.68. The Bertz CT molecular complexity index is 369. The van der Waals surface area contributed by atoms with Gasteiger partial charge in [-0.05, 0) is 50.5 Å². The Morgan fingerprint density at radius 2 is 1.58 bits per heavy atom. The molecule has 0 unspecified atom stereocenters. The summed E-state index contributed by atoms with van der Waals surface area (Å²) in [6.07, 6.45) is 7.08. The fraction of sp³-hybridized carbons (Fsp3) is 0.625. The Kier molecular flexibility index (Phi) is 5.08. The minimum atomic E-state index is 0.00348. The monoisotopic (exact) mass is 263 g/mol. The SMILES string of the molecule is CCOc1ccc(OCCC2(N)CCCCC2)cc1. The Balaban J connectivity index is 1.75. The predicted octanol–water partition coefficient (Wildman–Crippen LogP) is 3.52. The highest BCUT2D eigenvalue weighted by molar-refractivity contribution is 5.31. The Hall–Kier alpha value is -1.22. The molecule has 0 atom stereocenters. The molecule has 0 spiro atoms. The van der Waals surface area contributed by atoms with Gasteiger partial charge in [-0.15, -0.1) is 0 Å². The zero-order valence-electron chi connectivity index (χ0n) is 11.9. The first-order valence-electron chi connectivity index (χ1n) is 7.36. The van der Waals surface area contributed by atoms with E-state index in [-0.39, 0.29) is 5.54 Å². The van der Waals surface area contributed by atoms with Gasteiger partial charge < -0.3 is 15.2 Å². The summed E-state index contributed by atoms with van der Waals surface area (Å²) in [4.78, 5) is 0. The van der Waals surface area contributed by atoms with Gasteiger partial charge in [0.15, 0.2) is 0 Å². The van der Waals surface area contributed by atoms with Crippen LogP contribution in [0.5, 0.6) is 11.5 Å². The van der Waals surface area contributed by atoms with Gasteiger partial charge in [0.05, 0.1) is 13.2 Å². The highest BCUT2D eigenvalue weighted by atomic mass is 16.5. The largest absolute Gasteiger partial charge is 0.494 e. The minimum Gasteiger partial charge on any atom is -0.494 e. The molecule has 1 aromatic rings. The second kappa shape index (κ2) is 6.80. The molecule has 1 fully saturated rings. The number of benzene rings is 1. The maximum absolute atomic E-state index is 6.39. The van der Waals surface area contributed by atoms with E-state index in [1.165, 1.54) is 19.3 Å². The lowest BCUT2D eigenvalue weighted by Gasteiger charge is -2.33. The van der Waals surface area contributed by atoms with Crippen molar-refractivity contribution < 1.29 is 9.47 Å². The van der Waals surface area contributed by atoms with Gasteiger partial charge in [0.25, 0.3) is 0 Å². The van der Waals surface area contributed by atoms with Crippen molar-refractivity contribution in [3.8, 4) is 11.5 Å². The summed E-state index contributed by atoms with van der Waals surface area (Å²) < 4.78 is 11.2. The standard InChI is InChI=1S/C16H25NO2/c1-2-18-14-6-8-15(9-7-14)19-13-12-16(17)10-4-3-5-11-16/h6-9H,2-5,10-13,17H2,1H3. The second-order valence-electron chi connectivity index (χ2n) is 5.43. The van der Waals surface area contributed by atoms with Crippen molar-refractivity contribution in [1.29, 1.82) is 0 Å². The van der Waals surface area contributed by atoms with Crippen molar-refractivity contribution in [2.45, 2.75) is 51.0 Å². The summed E-state index contributed by atoms with van der Waals surface area (Å²) in [7, 11) is 0. The number of nitrogens with two attached hydrogens (primary N) is 1.